The van der Waals surface area contributed by atoms with Crippen molar-refractivity contribution in [3.05, 3.63) is 53.9 Å². The minimum atomic E-state index is -0.327. The third kappa shape index (κ3) is 3.39. The molecule has 1 aliphatic carbocycles. The standard InChI is InChI=1S/C23H23N3O3/c1-25-21-5-4-17(10-20(21)14-29-23(25)28)19-11-18(12-24-13-19)15-6-8-26(9-7-15)22(27)16-2-3-16/h4-6,10-13,16H,2-3,7-9,14H2,1H3. The van der Waals surface area contributed by atoms with E-state index in [9.17, 15) is 9.59 Å². The van der Waals surface area contributed by atoms with Crippen LogP contribution in [0.5, 0.6) is 0 Å². The Morgan fingerprint density at radius 1 is 1.14 bits per heavy atom. The molecule has 6 nitrogen and oxygen atoms in total. The predicted molar refractivity (Wildman–Crippen MR) is 110 cm³/mol. The highest BCUT2D eigenvalue weighted by atomic mass is 16.6. The lowest BCUT2D eigenvalue weighted by atomic mass is 9.96. The fraction of sp³-hybridized carbons (Fsp3) is 0.348. The summed E-state index contributed by atoms with van der Waals surface area (Å²) in [6, 6.07) is 8.18. The fourth-order valence-corrected chi connectivity index (χ4v) is 4.04. The van der Waals surface area contributed by atoms with Gasteiger partial charge in [-0.3, -0.25) is 14.7 Å². The SMILES string of the molecule is CN1C(=O)OCc2cc(-c3cncc(C4=CCN(C(=O)C5CC5)CC4)c3)ccc21. The van der Waals surface area contributed by atoms with Gasteiger partial charge in [0.2, 0.25) is 5.91 Å². The molecule has 2 amide bonds. The van der Waals surface area contributed by atoms with Gasteiger partial charge in [-0.2, -0.15) is 0 Å². The zero-order chi connectivity index (χ0) is 20.0. The third-order valence-electron chi connectivity index (χ3n) is 5.96. The number of nitrogens with zero attached hydrogens (tertiary/aromatic N) is 3. The van der Waals surface area contributed by atoms with Crippen LogP contribution >= 0.6 is 0 Å². The van der Waals surface area contributed by atoms with Gasteiger partial charge >= 0.3 is 6.09 Å². The van der Waals surface area contributed by atoms with Gasteiger partial charge in [0.25, 0.3) is 0 Å². The summed E-state index contributed by atoms with van der Waals surface area (Å²) < 4.78 is 5.21. The molecular formula is C23H23N3O3. The molecule has 1 fully saturated rings. The highest BCUT2D eigenvalue weighted by Crippen LogP contribution is 2.34. The highest BCUT2D eigenvalue weighted by Gasteiger charge is 2.33. The summed E-state index contributed by atoms with van der Waals surface area (Å²) in [6.45, 7) is 1.75. The number of rotatable bonds is 3. The molecule has 2 aromatic rings. The van der Waals surface area contributed by atoms with E-state index in [-0.39, 0.29) is 18.6 Å². The molecule has 0 N–H and O–H groups in total. The molecule has 0 spiro atoms. The number of carbonyl (C=O) groups excluding carboxylic acids is 2. The summed E-state index contributed by atoms with van der Waals surface area (Å²) in [5, 5.41) is 0. The normalized spacial score (nSPS) is 18.8. The molecule has 3 aliphatic rings. The van der Waals surface area contributed by atoms with Crippen molar-refractivity contribution in [2.24, 2.45) is 5.92 Å². The summed E-state index contributed by atoms with van der Waals surface area (Å²) >= 11 is 0. The molecule has 3 heterocycles. The van der Waals surface area contributed by atoms with Crippen LogP contribution in [0.1, 0.15) is 30.4 Å². The first kappa shape index (κ1) is 17.9. The number of amides is 2. The minimum absolute atomic E-state index is 0.275. The first-order chi connectivity index (χ1) is 14.1. The molecule has 0 bridgehead atoms. The van der Waals surface area contributed by atoms with Gasteiger partial charge in [-0.05, 0) is 54.2 Å². The van der Waals surface area contributed by atoms with Crippen LogP contribution < -0.4 is 4.90 Å². The van der Waals surface area contributed by atoms with Crippen molar-refractivity contribution < 1.29 is 14.3 Å². The molecule has 0 atom stereocenters. The fourth-order valence-electron chi connectivity index (χ4n) is 4.04. The van der Waals surface area contributed by atoms with E-state index in [1.54, 1.807) is 7.05 Å². The second-order valence-corrected chi connectivity index (χ2v) is 7.96. The zero-order valence-corrected chi connectivity index (χ0v) is 16.4. The number of cyclic esters (lactones) is 1. The second-order valence-electron chi connectivity index (χ2n) is 7.96. The largest absolute Gasteiger partial charge is 0.444 e. The lowest BCUT2D eigenvalue weighted by Crippen LogP contribution is -2.35. The molecule has 2 aliphatic heterocycles. The smallest absolute Gasteiger partial charge is 0.414 e. The Morgan fingerprint density at radius 2 is 1.97 bits per heavy atom. The molecule has 1 aromatic carbocycles. The van der Waals surface area contributed by atoms with E-state index < -0.39 is 0 Å². The zero-order valence-electron chi connectivity index (χ0n) is 16.4. The molecular weight excluding hydrogens is 366 g/mol. The number of hydrogen-bond donors (Lipinski definition) is 0. The van der Waals surface area contributed by atoms with Crippen molar-refractivity contribution in [2.45, 2.75) is 25.9 Å². The van der Waals surface area contributed by atoms with Gasteiger partial charge < -0.3 is 9.64 Å². The van der Waals surface area contributed by atoms with Crippen LogP contribution in [0.4, 0.5) is 10.5 Å². The molecule has 148 valence electrons. The number of aromatic nitrogens is 1. The Labute approximate surface area is 169 Å². The van der Waals surface area contributed by atoms with Crippen molar-refractivity contribution in [3.63, 3.8) is 0 Å². The number of fused-ring (bicyclic) bond motifs is 1. The number of hydrogen-bond acceptors (Lipinski definition) is 4. The molecule has 0 saturated heterocycles. The van der Waals surface area contributed by atoms with Gasteiger partial charge in [0.15, 0.2) is 0 Å². The van der Waals surface area contributed by atoms with E-state index in [0.717, 1.165) is 53.7 Å². The average Bonchev–Trinajstić information content (AvgIpc) is 3.61. The first-order valence-electron chi connectivity index (χ1n) is 10.1. The monoisotopic (exact) mass is 389 g/mol. The van der Waals surface area contributed by atoms with E-state index in [4.69, 9.17) is 4.74 Å². The van der Waals surface area contributed by atoms with E-state index in [1.807, 2.05) is 29.4 Å². The summed E-state index contributed by atoms with van der Waals surface area (Å²) in [5.41, 5.74) is 6.28. The maximum absolute atomic E-state index is 12.3. The van der Waals surface area contributed by atoms with Crippen molar-refractivity contribution >= 4 is 23.3 Å². The summed E-state index contributed by atoms with van der Waals surface area (Å²) in [6.07, 6.45) is 8.53. The molecule has 0 radical (unpaired) electrons. The summed E-state index contributed by atoms with van der Waals surface area (Å²) in [5.74, 6) is 0.587. The highest BCUT2D eigenvalue weighted by molar-refractivity contribution is 5.90. The molecule has 29 heavy (non-hydrogen) atoms. The molecule has 0 unspecified atom stereocenters. The van der Waals surface area contributed by atoms with Crippen molar-refractivity contribution in [1.29, 1.82) is 0 Å². The maximum Gasteiger partial charge on any atom is 0.414 e. The number of benzene rings is 1. The average molecular weight is 389 g/mol. The van der Waals surface area contributed by atoms with E-state index in [2.05, 4.69) is 23.2 Å². The number of anilines is 1. The Morgan fingerprint density at radius 3 is 2.72 bits per heavy atom. The minimum Gasteiger partial charge on any atom is -0.444 e. The van der Waals surface area contributed by atoms with Crippen molar-refractivity contribution in [2.75, 3.05) is 25.0 Å². The number of pyridine rings is 1. The van der Waals surface area contributed by atoms with E-state index in [1.165, 1.54) is 10.5 Å². The van der Waals surface area contributed by atoms with E-state index >= 15 is 0 Å². The van der Waals surface area contributed by atoms with Gasteiger partial charge in [-0.25, -0.2) is 4.79 Å². The molecule has 1 saturated carbocycles. The predicted octanol–water partition coefficient (Wildman–Crippen LogP) is 3.86. The lowest BCUT2D eigenvalue weighted by molar-refractivity contribution is -0.132. The Hall–Kier alpha value is -3.15. The Balaban J connectivity index is 1.38. The second kappa shape index (κ2) is 7.03. The first-order valence-corrected chi connectivity index (χ1v) is 10.1. The van der Waals surface area contributed by atoms with E-state index in [0.29, 0.717) is 12.5 Å². The van der Waals surface area contributed by atoms with Crippen LogP contribution in [0, 0.1) is 5.92 Å². The van der Waals surface area contributed by atoms with Crippen molar-refractivity contribution in [3.8, 4) is 11.1 Å². The van der Waals surface area contributed by atoms with Gasteiger partial charge in [0, 0.05) is 49.6 Å². The van der Waals surface area contributed by atoms with Crippen LogP contribution in [0.2, 0.25) is 0 Å². The summed E-state index contributed by atoms with van der Waals surface area (Å²) in [4.78, 5) is 31.9. The van der Waals surface area contributed by atoms with Crippen LogP contribution in [0.15, 0.2) is 42.7 Å². The lowest BCUT2D eigenvalue weighted by Gasteiger charge is -2.27. The number of carbonyl (C=O) groups is 2. The topological polar surface area (TPSA) is 62.7 Å². The van der Waals surface area contributed by atoms with Crippen LogP contribution in [0.3, 0.4) is 0 Å². The van der Waals surface area contributed by atoms with Crippen molar-refractivity contribution in [1.82, 2.24) is 9.88 Å². The van der Waals surface area contributed by atoms with Gasteiger partial charge in [-0.15, -0.1) is 0 Å². The maximum atomic E-state index is 12.3. The Bertz CT molecular complexity index is 1030. The summed E-state index contributed by atoms with van der Waals surface area (Å²) in [7, 11) is 1.72. The Kier molecular flexibility index (Phi) is 4.34. The van der Waals surface area contributed by atoms with Gasteiger partial charge in [0.1, 0.15) is 6.61 Å². The third-order valence-corrected chi connectivity index (χ3v) is 5.96. The quantitative estimate of drug-likeness (QED) is 0.800. The molecule has 1 aromatic heterocycles. The van der Waals surface area contributed by atoms with Gasteiger partial charge in [-0.1, -0.05) is 12.1 Å². The van der Waals surface area contributed by atoms with Crippen LogP contribution in [-0.2, 0) is 16.1 Å². The number of ether oxygens (including phenoxy) is 1. The van der Waals surface area contributed by atoms with Crippen LogP contribution in [-0.4, -0.2) is 42.0 Å². The van der Waals surface area contributed by atoms with Gasteiger partial charge in [0.05, 0.1) is 5.69 Å². The molecule has 5 rings (SSSR count). The molecule has 6 heteroatoms. The van der Waals surface area contributed by atoms with Crippen LogP contribution in [0.25, 0.3) is 16.7 Å².